The van der Waals surface area contributed by atoms with Crippen molar-refractivity contribution in [2.24, 2.45) is 0 Å². The minimum absolute atomic E-state index is 0.0801. The molecule has 0 atom stereocenters. The van der Waals surface area contributed by atoms with Crippen LogP contribution in [-0.4, -0.2) is 10.9 Å². The monoisotopic (exact) mass is 344 g/mol. The Morgan fingerprint density at radius 3 is 2.81 bits per heavy atom. The summed E-state index contributed by atoms with van der Waals surface area (Å²) >= 11 is 0. The molecule has 4 rings (SSSR count). The minimum atomic E-state index is -0.0801. The van der Waals surface area contributed by atoms with Crippen molar-refractivity contribution in [3.8, 4) is 0 Å². The molecule has 0 unspecified atom stereocenters. The largest absolute Gasteiger partial charge is 0.464 e. The first kappa shape index (κ1) is 16.3. The Morgan fingerprint density at radius 1 is 1.12 bits per heavy atom. The lowest BCUT2D eigenvalue weighted by Crippen LogP contribution is -2.14. The van der Waals surface area contributed by atoms with Crippen molar-refractivity contribution in [3.05, 3.63) is 71.1 Å². The van der Waals surface area contributed by atoms with Crippen LogP contribution in [0.3, 0.4) is 0 Å². The Morgan fingerprint density at radius 2 is 1.96 bits per heavy atom. The highest BCUT2D eigenvalue weighted by Crippen LogP contribution is 2.27. The van der Waals surface area contributed by atoms with E-state index in [1.54, 1.807) is 6.26 Å². The van der Waals surface area contributed by atoms with Gasteiger partial charge < -0.3 is 9.73 Å². The molecule has 26 heavy (non-hydrogen) atoms. The zero-order valence-electron chi connectivity index (χ0n) is 15.1. The number of amides is 1. The van der Waals surface area contributed by atoms with Gasteiger partial charge in [0, 0.05) is 22.0 Å². The van der Waals surface area contributed by atoms with Gasteiger partial charge in [0.25, 0.3) is 0 Å². The van der Waals surface area contributed by atoms with Gasteiger partial charge in [0.2, 0.25) is 5.91 Å². The maximum atomic E-state index is 12.6. The fourth-order valence-electron chi connectivity index (χ4n) is 3.47. The smallest absolute Gasteiger partial charge is 0.228 e. The summed E-state index contributed by atoms with van der Waals surface area (Å²) in [4.78, 5) is 17.2. The fraction of sp³-hybridized carbons (Fsp3) is 0.182. The van der Waals surface area contributed by atoms with E-state index < -0.39 is 0 Å². The number of hydrogen-bond donors (Lipinski definition) is 1. The van der Waals surface area contributed by atoms with Crippen LogP contribution in [0.15, 0.2) is 53.1 Å². The fourth-order valence-corrected chi connectivity index (χ4v) is 3.47. The van der Waals surface area contributed by atoms with Crippen molar-refractivity contribution >= 4 is 33.5 Å². The molecule has 0 aliphatic rings. The number of carbonyl (C=O) groups is 1. The molecule has 0 saturated heterocycles. The van der Waals surface area contributed by atoms with Crippen LogP contribution < -0.4 is 5.32 Å². The first-order valence-corrected chi connectivity index (χ1v) is 8.65. The van der Waals surface area contributed by atoms with E-state index in [0.717, 1.165) is 49.9 Å². The van der Waals surface area contributed by atoms with E-state index in [0.29, 0.717) is 0 Å². The van der Waals surface area contributed by atoms with E-state index in [4.69, 9.17) is 4.42 Å². The van der Waals surface area contributed by atoms with Crippen LogP contribution in [0.2, 0.25) is 0 Å². The third-order valence-electron chi connectivity index (χ3n) is 4.58. The van der Waals surface area contributed by atoms with Gasteiger partial charge in [-0.3, -0.25) is 9.78 Å². The van der Waals surface area contributed by atoms with E-state index in [-0.39, 0.29) is 12.3 Å². The van der Waals surface area contributed by atoms with Gasteiger partial charge in [-0.15, -0.1) is 0 Å². The number of benzene rings is 2. The molecule has 0 radical (unpaired) electrons. The predicted molar refractivity (Wildman–Crippen MR) is 105 cm³/mol. The number of carbonyl (C=O) groups excluding carboxylic acids is 1. The number of furan rings is 1. The Balaban J connectivity index is 1.63. The summed E-state index contributed by atoms with van der Waals surface area (Å²) in [5, 5.41) is 5.04. The molecule has 0 aliphatic heterocycles. The second kappa shape index (κ2) is 6.30. The van der Waals surface area contributed by atoms with Gasteiger partial charge in [0.1, 0.15) is 5.58 Å². The number of para-hydroxylation sites is 1. The van der Waals surface area contributed by atoms with Gasteiger partial charge in [0.15, 0.2) is 0 Å². The molecular weight excluding hydrogens is 324 g/mol. The lowest BCUT2D eigenvalue weighted by Gasteiger charge is -2.09. The third-order valence-corrected chi connectivity index (χ3v) is 4.58. The van der Waals surface area contributed by atoms with Crippen molar-refractivity contribution in [1.82, 2.24) is 4.98 Å². The summed E-state index contributed by atoms with van der Waals surface area (Å²) in [7, 11) is 0. The Kier molecular flexibility index (Phi) is 3.96. The van der Waals surface area contributed by atoms with Crippen molar-refractivity contribution in [2.75, 3.05) is 5.32 Å². The summed E-state index contributed by atoms with van der Waals surface area (Å²) in [5.41, 5.74) is 6.47. The van der Waals surface area contributed by atoms with Crippen molar-refractivity contribution in [1.29, 1.82) is 0 Å². The molecule has 1 amide bonds. The predicted octanol–water partition coefficient (Wildman–Crippen LogP) is 5.09. The quantitative estimate of drug-likeness (QED) is 0.563. The summed E-state index contributed by atoms with van der Waals surface area (Å²) in [6.07, 6.45) is 1.95. The van der Waals surface area contributed by atoms with Gasteiger partial charge in [-0.25, -0.2) is 0 Å². The van der Waals surface area contributed by atoms with Gasteiger partial charge in [0.05, 0.1) is 23.9 Å². The molecule has 4 aromatic rings. The number of nitrogens with zero attached hydrogens (tertiary/aromatic N) is 1. The van der Waals surface area contributed by atoms with E-state index in [1.165, 1.54) is 0 Å². The summed E-state index contributed by atoms with van der Waals surface area (Å²) < 4.78 is 5.66. The Labute approximate surface area is 151 Å². The SMILES string of the molecule is Cc1cc(C)c2c(CC(=O)Nc3cccc4ccc(C)nc34)coc2c1. The summed E-state index contributed by atoms with van der Waals surface area (Å²) in [6.45, 7) is 6.03. The maximum Gasteiger partial charge on any atom is 0.228 e. The number of hydrogen-bond acceptors (Lipinski definition) is 3. The first-order valence-electron chi connectivity index (χ1n) is 8.65. The number of pyridine rings is 1. The van der Waals surface area contributed by atoms with Crippen LogP contribution in [-0.2, 0) is 11.2 Å². The number of anilines is 1. The normalized spacial score (nSPS) is 11.2. The van der Waals surface area contributed by atoms with E-state index in [9.17, 15) is 4.79 Å². The molecule has 0 fully saturated rings. The first-order chi connectivity index (χ1) is 12.5. The topological polar surface area (TPSA) is 55.1 Å². The van der Waals surface area contributed by atoms with Gasteiger partial charge in [-0.05, 0) is 50.1 Å². The molecule has 0 saturated carbocycles. The van der Waals surface area contributed by atoms with Crippen LogP contribution in [0.4, 0.5) is 5.69 Å². The number of nitrogens with one attached hydrogen (secondary N) is 1. The van der Waals surface area contributed by atoms with Crippen molar-refractivity contribution in [3.63, 3.8) is 0 Å². The average Bonchev–Trinajstić information content (AvgIpc) is 2.98. The van der Waals surface area contributed by atoms with Crippen LogP contribution in [0.5, 0.6) is 0 Å². The average molecular weight is 344 g/mol. The molecule has 2 heterocycles. The third kappa shape index (κ3) is 2.94. The summed E-state index contributed by atoms with van der Waals surface area (Å²) in [6, 6.07) is 13.9. The van der Waals surface area contributed by atoms with E-state index >= 15 is 0 Å². The van der Waals surface area contributed by atoms with Crippen molar-refractivity contribution in [2.45, 2.75) is 27.2 Å². The molecule has 4 heteroatoms. The van der Waals surface area contributed by atoms with Gasteiger partial charge in [-0.2, -0.15) is 0 Å². The lowest BCUT2D eigenvalue weighted by atomic mass is 10.0. The summed E-state index contributed by atoms with van der Waals surface area (Å²) in [5.74, 6) is -0.0801. The van der Waals surface area contributed by atoms with Crippen molar-refractivity contribution < 1.29 is 9.21 Å². The standard InChI is InChI=1S/C22H20N2O2/c1-13-9-14(2)21-17(12-26-19(21)10-13)11-20(25)24-18-6-4-5-16-8-7-15(3)23-22(16)18/h4-10,12H,11H2,1-3H3,(H,24,25). The Bertz CT molecular complexity index is 1140. The second-order valence-electron chi connectivity index (χ2n) is 6.77. The van der Waals surface area contributed by atoms with Crippen LogP contribution in [0, 0.1) is 20.8 Å². The van der Waals surface area contributed by atoms with Gasteiger partial charge >= 0.3 is 0 Å². The highest BCUT2D eigenvalue weighted by molar-refractivity contribution is 6.02. The molecule has 4 nitrogen and oxygen atoms in total. The maximum absolute atomic E-state index is 12.6. The molecule has 0 bridgehead atoms. The molecule has 2 aromatic heterocycles. The molecule has 2 aromatic carbocycles. The van der Waals surface area contributed by atoms with Gasteiger partial charge in [-0.1, -0.05) is 24.3 Å². The highest BCUT2D eigenvalue weighted by Gasteiger charge is 2.14. The molecule has 1 N–H and O–H groups in total. The number of aryl methyl sites for hydroxylation is 3. The van der Waals surface area contributed by atoms with Crippen LogP contribution in [0.1, 0.15) is 22.4 Å². The zero-order chi connectivity index (χ0) is 18.3. The zero-order valence-corrected chi connectivity index (χ0v) is 15.1. The number of rotatable bonds is 3. The van der Waals surface area contributed by atoms with Crippen LogP contribution in [0.25, 0.3) is 21.9 Å². The lowest BCUT2D eigenvalue weighted by molar-refractivity contribution is -0.115. The number of fused-ring (bicyclic) bond motifs is 2. The minimum Gasteiger partial charge on any atom is -0.464 e. The molecule has 130 valence electrons. The highest BCUT2D eigenvalue weighted by atomic mass is 16.3. The molecular formula is C22H20N2O2. The molecule has 0 aliphatic carbocycles. The van der Waals surface area contributed by atoms with E-state index in [1.807, 2.05) is 57.2 Å². The number of aromatic nitrogens is 1. The molecule has 0 spiro atoms. The Hall–Kier alpha value is -3.14. The van der Waals surface area contributed by atoms with Crippen LogP contribution >= 0.6 is 0 Å². The van der Waals surface area contributed by atoms with E-state index in [2.05, 4.69) is 16.4 Å². The second-order valence-corrected chi connectivity index (χ2v) is 6.77.